The Labute approximate surface area is 52.1 Å². The molecule has 1 atom stereocenters. The van der Waals surface area contributed by atoms with E-state index in [1.165, 1.54) is 12.3 Å². The first-order valence-electron chi connectivity index (χ1n) is 2.64. The minimum atomic E-state index is -1.21. The van der Waals surface area contributed by atoms with Crippen molar-refractivity contribution in [1.29, 1.82) is 0 Å². The Kier molecular flexibility index (Phi) is 1.72. The van der Waals surface area contributed by atoms with Crippen molar-refractivity contribution >= 4 is 12.5 Å². The van der Waals surface area contributed by atoms with Crippen LogP contribution in [0.1, 0.15) is 6.42 Å². The number of aliphatic imine (C=N–C) groups is 1. The molecule has 2 nitrogen and oxygen atoms in total. The fraction of sp³-hybridized carbons (Fsp3) is 0.333. The molecule has 0 fully saturated rings. The van der Waals surface area contributed by atoms with Crippen LogP contribution in [0.2, 0.25) is 0 Å². The predicted octanol–water partition coefficient (Wildman–Crippen LogP) is 0.882. The van der Waals surface area contributed by atoms with Crippen LogP contribution < -0.4 is 0 Å². The van der Waals surface area contributed by atoms with Crippen LogP contribution in [0.25, 0.3) is 0 Å². The zero-order valence-electron chi connectivity index (χ0n) is 4.75. The highest BCUT2D eigenvalue weighted by Gasteiger charge is 2.08. The number of halogens is 1. The van der Waals surface area contributed by atoms with Gasteiger partial charge in [0, 0.05) is 12.6 Å². The molecule has 0 aliphatic carbocycles. The lowest BCUT2D eigenvalue weighted by Gasteiger charge is -2.04. The van der Waals surface area contributed by atoms with Crippen LogP contribution in [0.4, 0.5) is 4.39 Å². The van der Waals surface area contributed by atoms with Crippen LogP contribution in [-0.2, 0) is 4.79 Å². The molecule has 3 heteroatoms. The van der Waals surface area contributed by atoms with Crippen molar-refractivity contribution in [1.82, 2.24) is 0 Å². The summed E-state index contributed by atoms with van der Waals surface area (Å²) in [6.07, 6.45) is 2.40. The standard InChI is InChI=1S/C6H6FNO/c7-6-3-5(4-9)1-2-8-6/h1-2,4,6H,3H2. The molecule has 0 N–H and O–H groups in total. The summed E-state index contributed by atoms with van der Waals surface area (Å²) in [5.74, 6) is 0. The van der Waals surface area contributed by atoms with Gasteiger partial charge in [0.1, 0.15) is 6.29 Å². The van der Waals surface area contributed by atoms with Gasteiger partial charge in [-0.25, -0.2) is 4.39 Å². The van der Waals surface area contributed by atoms with Crippen LogP contribution in [0.5, 0.6) is 0 Å². The summed E-state index contributed by atoms with van der Waals surface area (Å²) in [5.41, 5.74) is 0.470. The summed E-state index contributed by atoms with van der Waals surface area (Å²) in [7, 11) is 0. The summed E-state index contributed by atoms with van der Waals surface area (Å²) >= 11 is 0. The van der Waals surface area contributed by atoms with E-state index in [9.17, 15) is 9.18 Å². The van der Waals surface area contributed by atoms with Gasteiger partial charge in [0.25, 0.3) is 0 Å². The molecule has 0 spiro atoms. The van der Waals surface area contributed by atoms with E-state index < -0.39 is 6.30 Å². The number of rotatable bonds is 1. The van der Waals surface area contributed by atoms with E-state index in [1.54, 1.807) is 0 Å². The molecule has 0 aromatic carbocycles. The monoisotopic (exact) mass is 127 g/mol. The zero-order valence-corrected chi connectivity index (χ0v) is 4.75. The quantitative estimate of drug-likeness (QED) is 0.380. The second-order valence-electron chi connectivity index (χ2n) is 1.80. The van der Waals surface area contributed by atoms with Crippen LogP contribution in [0.15, 0.2) is 16.6 Å². The van der Waals surface area contributed by atoms with Gasteiger partial charge in [-0.3, -0.25) is 9.79 Å². The van der Waals surface area contributed by atoms with Crippen molar-refractivity contribution in [2.45, 2.75) is 12.7 Å². The maximum atomic E-state index is 12.2. The molecule has 1 heterocycles. The van der Waals surface area contributed by atoms with Gasteiger partial charge in [-0.2, -0.15) is 0 Å². The third-order valence-electron chi connectivity index (χ3n) is 1.09. The van der Waals surface area contributed by atoms with E-state index in [0.29, 0.717) is 11.9 Å². The lowest BCUT2D eigenvalue weighted by Crippen LogP contribution is -2.03. The van der Waals surface area contributed by atoms with Gasteiger partial charge >= 0.3 is 0 Å². The molecular formula is C6H6FNO. The summed E-state index contributed by atoms with van der Waals surface area (Å²) in [5, 5.41) is 0. The van der Waals surface area contributed by atoms with E-state index in [-0.39, 0.29) is 6.42 Å². The van der Waals surface area contributed by atoms with E-state index >= 15 is 0 Å². The number of allylic oxidation sites excluding steroid dienone is 1. The summed E-state index contributed by atoms with van der Waals surface area (Å²) in [6, 6.07) is 0. The van der Waals surface area contributed by atoms with E-state index in [0.717, 1.165) is 0 Å². The first-order valence-corrected chi connectivity index (χ1v) is 2.64. The highest BCUT2D eigenvalue weighted by molar-refractivity contribution is 5.85. The molecule has 9 heavy (non-hydrogen) atoms. The molecule has 1 unspecified atom stereocenters. The molecular weight excluding hydrogens is 121 g/mol. The fourth-order valence-corrected chi connectivity index (χ4v) is 0.635. The Bertz CT molecular complexity index is 174. The molecule has 0 amide bonds. The second kappa shape index (κ2) is 2.53. The van der Waals surface area contributed by atoms with Crippen molar-refractivity contribution in [3.05, 3.63) is 11.6 Å². The summed E-state index contributed by atoms with van der Waals surface area (Å²) < 4.78 is 12.2. The van der Waals surface area contributed by atoms with Gasteiger partial charge in [0.05, 0.1) is 0 Å². The van der Waals surface area contributed by atoms with Gasteiger partial charge in [-0.1, -0.05) is 0 Å². The largest absolute Gasteiger partial charge is 0.298 e. The van der Waals surface area contributed by atoms with Gasteiger partial charge in [-0.15, -0.1) is 0 Å². The topological polar surface area (TPSA) is 29.4 Å². The summed E-state index contributed by atoms with van der Waals surface area (Å²) in [6.45, 7) is 0. The Morgan fingerprint density at radius 1 is 1.89 bits per heavy atom. The summed E-state index contributed by atoms with van der Waals surface area (Å²) in [4.78, 5) is 13.4. The Balaban J connectivity index is 2.65. The SMILES string of the molecule is O=CC1=CC=NC(F)C1. The third kappa shape index (κ3) is 1.45. The number of carbonyl (C=O) groups excluding carboxylic acids is 1. The first-order chi connectivity index (χ1) is 4.33. The van der Waals surface area contributed by atoms with Crippen molar-refractivity contribution < 1.29 is 9.18 Å². The average Bonchev–Trinajstić information content (AvgIpc) is 1.88. The Morgan fingerprint density at radius 3 is 3.11 bits per heavy atom. The highest BCUT2D eigenvalue weighted by Crippen LogP contribution is 2.10. The molecule has 0 bridgehead atoms. The van der Waals surface area contributed by atoms with E-state index in [1.807, 2.05) is 0 Å². The van der Waals surface area contributed by atoms with Crippen LogP contribution in [0.3, 0.4) is 0 Å². The van der Waals surface area contributed by atoms with E-state index in [2.05, 4.69) is 4.99 Å². The average molecular weight is 127 g/mol. The van der Waals surface area contributed by atoms with Crippen LogP contribution >= 0.6 is 0 Å². The number of carbonyl (C=O) groups is 1. The molecule has 0 saturated heterocycles. The third-order valence-corrected chi connectivity index (χ3v) is 1.09. The molecule has 1 aliphatic rings. The number of alkyl halides is 1. The molecule has 1 rings (SSSR count). The number of dihydropyridines is 1. The number of nitrogens with zero attached hydrogens (tertiary/aromatic N) is 1. The van der Waals surface area contributed by atoms with Crippen molar-refractivity contribution in [2.75, 3.05) is 0 Å². The maximum absolute atomic E-state index is 12.2. The van der Waals surface area contributed by atoms with Gasteiger partial charge < -0.3 is 0 Å². The molecule has 0 saturated carbocycles. The van der Waals surface area contributed by atoms with E-state index in [4.69, 9.17) is 0 Å². The molecule has 0 aromatic heterocycles. The van der Waals surface area contributed by atoms with Crippen molar-refractivity contribution in [3.63, 3.8) is 0 Å². The number of hydrogen-bond acceptors (Lipinski definition) is 2. The molecule has 1 aliphatic heterocycles. The van der Waals surface area contributed by atoms with Gasteiger partial charge in [0.2, 0.25) is 0 Å². The fourth-order valence-electron chi connectivity index (χ4n) is 0.635. The highest BCUT2D eigenvalue weighted by atomic mass is 19.1. The Hall–Kier alpha value is -0.990. The van der Waals surface area contributed by atoms with Crippen LogP contribution in [-0.4, -0.2) is 18.8 Å². The lowest BCUT2D eigenvalue weighted by atomic mass is 10.1. The molecule has 0 aromatic rings. The maximum Gasteiger partial charge on any atom is 0.193 e. The minimum absolute atomic E-state index is 0.125. The molecule has 48 valence electrons. The zero-order chi connectivity index (χ0) is 6.69. The molecule has 0 radical (unpaired) electrons. The first kappa shape index (κ1) is 6.13. The number of hydrogen-bond donors (Lipinski definition) is 0. The normalized spacial score (nSPS) is 25.4. The van der Waals surface area contributed by atoms with Crippen LogP contribution in [0, 0.1) is 0 Å². The second-order valence-corrected chi connectivity index (χ2v) is 1.80. The smallest absolute Gasteiger partial charge is 0.193 e. The predicted molar refractivity (Wildman–Crippen MR) is 32.2 cm³/mol. The van der Waals surface area contributed by atoms with Crippen molar-refractivity contribution in [3.8, 4) is 0 Å². The van der Waals surface area contributed by atoms with Gasteiger partial charge in [0.15, 0.2) is 6.30 Å². The lowest BCUT2D eigenvalue weighted by molar-refractivity contribution is -0.105. The minimum Gasteiger partial charge on any atom is -0.298 e. The number of aldehydes is 1. The van der Waals surface area contributed by atoms with Gasteiger partial charge in [-0.05, 0) is 11.6 Å². The van der Waals surface area contributed by atoms with Crippen molar-refractivity contribution in [2.24, 2.45) is 4.99 Å². The Morgan fingerprint density at radius 2 is 2.67 bits per heavy atom.